The molecule has 0 fully saturated rings. The van der Waals surface area contributed by atoms with Gasteiger partial charge in [-0.2, -0.15) is 0 Å². The van der Waals surface area contributed by atoms with Gasteiger partial charge in [-0.05, 0) is 36.8 Å². The zero-order chi connectivity index (χ0) is 14.7. The van der Waals surface area contributed by atoms with Gasteiger partial charge in [0.15, 0.2) is 0 Å². The molecule has 20 heavy (non-hydrogen) atoms. The second-order valence-corrected chi connectivity index (χ2v) is 4.49. The minimum Gasteiger partial charge on any atom is -0.386 e. The average Bonchev–Trinajstić information content (AvgIpc) is 2.39. The van der Waals surface area contributed by atoms with Crippen molar-refractivity contribution in [2.45, 2.75) is 13.0 Å². The lowest BCUT2D eigenvalue weighted by molar-refractivity contribution is 0.181. The fourth-order valence-electron chi connectivity index (χ4n) is 1.92. The third kappa shape index (κ3) is 3.11. The lowest BCUT2D eigenvalue weighted by atomic mass is 10.1. The van der Waals surface area contributed by atoms with Gasteiger partial charge in [0.2, 0.25) is 0 Å². The number of hydrogen-bond donors (Lipinski definition) is 2. The number of hydrogen-bond acceptors (Lipinski definition) is 2. The predicted molar refractivity (Wildman–Crippen MR) is 70.9 cm³/mol. The number of rotatable bonds is 4. The molecule has 0 aromatic heterocycles. The molecule has 0 heterocycles. The molecule has 1 unspecified atom stereocenters. The topological polar surface area (TPSA) is 32.3 Å². The first-order chi connectivity index (χ1) is 9.49. The lowest BCUT2D eigenvalue weighted by Crippen LogP contribution is -2.15. The van der Waals surface area contributed by atoms with Gasteiger partial charge in [-0.25, -0.2) is 13.2 Å². The maximum atomic E-state index is 13.5. The Morgan fingerprint density at radius 1 is 1.10 bits per heavy atom. The summed E-state index contributed by atoms with van der Waals surface area (Å²) in [5.41, 5.74) is 0.849. The van der Waals surface area contributed by atoms with Crippen molar-refractivity contribution in [3.8, 4) is 0 Å². The van der Waals surface area contributed by atoms with E-state index in [9.17, 15) is 18.3 Å². The van der Waals surface area contributed by atoms with Crippen LogP contribution in [0.2, 0.25) is 0 Å². The largest absolute Gasteiger partial charge is 0.386 e. The summed E-state index contributed by atoms with van der Waals surface area (Å²) in [5, 5.41) is 12.7. The Morgan fingerprint density at radius 3 is 2.40 bits per heavy atom. The van der Waals surface area contributed by atoms with Crippen molar-refractivity contribution in [1.82, 2.24) is 0 Å². The van der Waals surface area contributed by atoms with Crippen LogP contribution >= 0.6 is 0 Å². The van der Waals surface area contributed by atoms with Crippen LogP contribution in [0, 0.1) is 24.4 Å². The van der Waals surface area contributed by atoms with Crippen LogP contribution in [-0.2, 0) is 0 Å². The predicted octanol–water partition coefficient (Wildman–Crippen LogP) is 3.56. The first kappa shape index (κ1) is 14.4. The highest BCUT2D eigenvalue weighted by Gasteiger charge is 2.17. The maximum Gasteiger partial charge on any atom is 0.132 e. The average molecular weight is 281 g/mol. The Kier molecular flexibility index (Phi) is 4.29. The van der Waals surface area contributed by atoms with Crippen LogP contribution < -0.4 is 5.32 Å². The molecule has 2 nitrogen and oxygen atoms in total. The van der Waals surface area contributed by atoms with Gasteiger partial charge in [0.05, 0.1) is 5.56 Å². The number of benzene rings is 2. The van der Waals surface area contributed by atoms with Gasteiger partial charge in [0.1, 0.15) is 23.6 Å². The third-order valence-corrected chi connectivity index (χ3v) is 3.02. The maximum absolute atomic E-state index is 13.5. The molecular weight excluding hydrogens is 267 g/mol. The minimum absolute atomic E-state index is 0.123. The van der Waals surface area contributed by atoms with Crippen LogP contribution in [-0.4, -0.2) is 11.7 Å². The highest BCUT2D eigenvalue weighted by Crippen LogP contribution is 2.22. The molecule has 5 heteroatoms. The lowest BCUT2D eigenvalue weighted by Gasteiger charge is -2.16. The first-order valence-electron chi connectivity index (χ1n) is 6.11. The van der Waals surface area contributed by atoms with E-state index in [0.717, 1.165) is 17.7 Å². The molecule has 106 valence electrons. The molecule has 1 atom stereocenters. The van der Waals surface area contributed by atoms with E-state index in [1.54, 1.807) is 13.0 Å². The third-order valence-electron chi connectivity index (χ3n) is 3.02. The second kappa shape index (κ2) is 5.96. The molecule has 0 aliphatic heterocycles. The fourth-order valence-corrected chi connectivity index (χ4v) is 1.92. The zero-order valence-corrected chi connectivity index (χ0v) is 10.8. The number of aryl methyl sites for hydroxylation is 1. The Bertz CT molecular complexity index is 596. The van der Waals surface area contributed by atoms with Gasteiger partial charge in [-0.3, -0.25) is 0 Å². The van der Waals surface area contributed by atoms with E-state index in [1.165, 1.54) is 18.2 Å². The molecule has 2 rings (SSSR count). The summed E-state index contributed by atoms with van der Waals surface area (Å²) in [5.74, 6) is -2.05. The minimum atomic E-state index is -1.36. The summed E-state index contributed by atoms with van der Waals surface area (Å²) in [6, 6.07) is 7.54. The van der Waals surface area contributed by atoms with E-state index in [-0.39, 0.29) is 6.54 Å². The second-order valence-electron chi connectivity index (χ2n) is 4.49. The van der Waals surface area contributed by atoms with Crippen LogP contribution in [0.5, 0.6) is 0 Å². The summed E-state index contributed by atoms with van der Waals surface area (Å²) in [6.45, 7) is 1.64. The van der Waals surface area contributed by atoms with Crippen molar-refractivity contribution in [2.24, 2.45) is 0 Å². The number of halogens is 3. The van der Waals surface area contributed by atoms with E-state index >= 15 is 0 Å². The molecule has 0 aliphatic carbocycles. The summed E-state index contributed by atoms with van der Waals surface area (Å²) in [6.07, 6.45) is -1.36. The van der Waals surface area contributed by atoms with Crippen molar-refractivity contribution in [1.29, 1.82) is 0 Å². The molecule has 0 aliphatic rings. The molecule has 0 bridgehead atoms. The van der Waals surface area contributed by atoms with Gasteiger partial charge >= 0.3 is 0 Å². The van der Waals surface area contributed by atoms with Gasteiger partial charge < -0.3 is 10.4 Å². The van der Waals surface area contributed by atoms with Gasteiger partial charge in [0.25, 0.3) is 0 Å². The number of nitrogens with one attached hydrogen (secondary N) is 1. The normalized spacial score (nSPS) is 12.2. The van der Waals surface area contributed by atoms with E-state index in [0.29, 0.717) is 5.69 Å². The summed E-state index contributed by atoms with van der Waals surface area (Å²) in [7, 11) is 0. The SMILES string of the molecule is Cc1ccc(F)cc1NCC(O)c1c(F)cccc1F. The molecular formula is C15H14F3NO. The Hall–Kier alpha value is -2.01. The molecule has 2 N–H and O–H groups in total. The number of aliphatic hydroxyl groups excluding tert-OH is 1. The monoisotopic (exact) mass is 281 g/mol. The Labute approximate surface area is 114 Å². The molecule has 0 saturated carbocycles. The highest BCUT2D eigenvalue weighted by atomic mass is 19.1. The van der Waals surface area contributed by atoms with Gasteiger partial charge in [-0.1, -0.05) is 12.1 Å². The smallest absolute Gasteiger partial charge is 0.132 e. The van der Waals surface area contributed by atoms with Crippen molar-refractivity contribution in [3.05, 3.63) is 65.0 Å². The van der Waals surface area contributed by atoms with Crippen molar-refractivity contribution in [2.75, 3.05) is 11.9 Å². The van der Waals surface area contributed by atoms with E-state index < -0.39 is 29.1 Å². The van der Waals surface area contributed by atoms with Crippen molar-refractivity contribution >= 4 is 5.69 Å². The standard InChI is InChI=1S/C15H14F3NO/c1-9-5-6-10(16)7-13(9)19-8-14(20)15-11(17)3-2-4-12(15)18/h2-7,14,19-20H,8H2,1H3. The van der Waals surface area contributed by atoms with E-state index in [1.807, 2.05) is 0 Å². The zero-order valence-electron chi connectivity index (χ0n) is 10.8. The molecule has 0 amide bonds. The summed E-state index contributed by atoms with van der Waals surface area (Å²) < 4.78 is 40.1. The van der Waals surface area contributed by atoms with Crippen molar-refractivity contribution < 1.29 is 18.3 Å². The van der Waals surface area contributed by atoms with Gasteiger partial charge in [-0.15, -0.1) is 0 Å². The summed E-state index contributed by atoms with van der Waals surface area (Å²) in [4.78, 5) is 0. The molecule has 2 aromatic carbocycles. The first-order valence-corrected chi connectivity index (χ1v) is 6.11. The quantitative estimate of drug-likeness (QED) is 0.898. The van der Waals surface area contributed by atoms with Crippen LogP contribution in [0.1, 0.15) is 17.2 Å². The molecule has 0 spiro atoms. The van der Waals surface area contributed by atoms with Crippen LogP contribution in [0.15, 0.2) is 36.4 Å². The molecule has 2 aromatic rings. The van der Waals surface area contributed by atoms with Crippen LogP contribution in [0.4, 0.5) is 18.9 Å². The molecule has 0 saturated heterocycles. The summed E-state index contributed by atoms with van der Waals surface area (Å²) >= 11 is 0. The van der Waals surface area contributed by atoms with Crippen molar-refractivity contribution in [3.63, 3.8) is 0 Å². The fraction of sp³-hybridized carbons (Fsp3) is 0.200. The van der Waals surface area contributed by atoms with Crippen LogP contribution in [0.25, 0.3) is 0 Å². The van der Waals surface area contributed by atoms with Gasteiger partial charge in [0, 0.05) is 12.2 Å². The van der Waals surface area contributed by atoms with E-state index in [2.05, 4.69) is 5.32 Å². The number of anilines is 1. The van der Waals surface area contributed by atoms with E-state index in [4.69, 9.17) is 0 Å². The Morgan fingerprint density at radius 2 is 1.75 bits per heavy atom. The molecule has 0 radical (unpaired) electrons. The highest BCUT2D eigenvalue weighted by molar-refractivity contribution is 5.50. The number of aliphatic hydroxyl groups is 1. The Balaban J connectivity index is 2.13. The van der Waals surface area contributed by atoms with Crippen LogP contribution in [0.3, 0.4) is 0 Å².